The van der Waals surface area contributed by atoms with Gasteiger partial charge in [0.1, 0.15) is 5.75 Å². The van der Waals surface area contributed by atoms with Crippen molar-refractivity contribution in [3.05, 3.63) is 84.6 Å². The monoisotopic (exact) mass is 398 g/mol. The number of nitrogens with zero attached hydrogens (tertiary/aromatic N) is 2. The van der Waals surface area contributed by atoms with E-state index < -0.39 is 5.91 Å². The second-order valence-corrected chi connectivity index (χ2v) is 6.84. The minimum Gasteiger partial charge on any atom is -0.494 e. The molecule has 4 aromatic rings. The van der Waals surface area contributed by atoms with E-state index >= 15 is 0 Å². The fourth-order valence-electron chi connectivity index (χ4n) is 3.13. The molecule has 0 saturated carbocycles. The summed E-state index contributed by atoms with van der Waals surface area (Å²) in [4.78, 5) is 20.0. The number of anilines is 1. The Morgan fingerprint density at radius 2 is 1.77 bits per heavy atom. The predicted octanol–water partition coefficient (Wildman–Crippen LogP) is 4.28. The van der Waals surface area contributed by atoms with Crippen molar-refractivity contribution < 1.29 is 9.53 Å². The van der Waals surface area contributed by atoms with Crippen LogP contribution in [0.1, 0.15) is 16.8 Å². The molecule has 0 spiro atoms. The second kappa shape index (κ2) is 9.05. The van der Waals surface area contributed by atoms with E-state index in [1.165, 1.54) is 10.8 Å². The molecule has 4 rings (SSSR count). The molecular weight excluding hydrogens is 376 g/mol. The summed E-state index contributed by atoms with van der Waals surface area (Å²) in [5.74, 6) is 0.973. The highest BCUT2D eigenvalue weighted by Gasteiger charge is 2.05. The zero-order valence-electron chi connectivity index (χ0n) is 16.4. The van der Waals surface area contributed by atoms with Gasteiger partial charge in [0.15, 0.2) is 0 Å². The summed E-state index contributed by atoms with van der Waals surface area (Å²) in [5.41, 5.74) is 7.42. The second-order valence-electron chi connectivity index (χ2n) is 6.84. The third kappa shape index (κ3) is 4.72. The highest BCUT2D eigenvalue weighted by Crippen LogP contribution is 2.21. The van der Waals surface area contributed by atoms with Crippen molar-refractivity contribution in [2.45, 2.75) is 6.42 Å². The van der Waals surface area contributed by atoms with Gasteiger partial charge in [-0.05, 0) is 47.5 Å². The number of fused-ring (bicyclic) bond motifs is 1. The van der Waals surface area contributed by atoms with Gasteiger partial charge >= 0.3 is 0 Å². The van der Waals surface area contributed by atoms with E-state index in [0.717, 1.165) is 23.4 Å². The quantitative estimate of drug-likeness (QED) is 0.433. The number of hydrogen-bond donors (Lipinski definition) is 2. The minimum atomic E-state index is -0.447. The number of benzene rings is 3. The Hall–Kier alpha value is -3.93. The molecule has 6 heteroatoms. The normalized spacial score (nSPS) is 10.7. The highest BCUT2D eigenvalue weighted by atomic mass is 16.5. The number of amides is 1. The largest absolute Gasteiger partial charge is 0.494 e. The fourth-order valence-corrected chi connectivity index (χ4v) is 3.13. The number of nitrogens with two attached hydrogens (primary N) is 1. The van der Waals surface area contributed by atoms with Crippen LogP contribution in [-0.2, 0) is 0 Å². The first kappa shape index (κ1) is 19.4. The van der Waals surface area contributed by atoms with Crippen LogP contribution in [0.5, 0.6) is 5.75 Å². The van der Waals surface area contributed by atoms with E-state index in [4.69, 9.17) is 10.5 Å². The summed E-state index contributed by atoms with van der Waals surface area (Å²) < 4.78 is 5.86. The number of carbonyl (C=O) groups excluding carboxylic acids is 1. The number of hydrogen-bond acceptors (Lipinski definition) is 5. The smallest absolute Gasteiger partial charge is 0.248 e. The van der Waals surface area contributed by atoms with Gasteiger partial charge in [-0.15, -0.1) is 0 Å². The summed E-state index contributed by atoms with van der Waals surface area (Å²) >= 11 is 0. The number of aromatic nitrogens is 2. The molecule has 6 nitrogen and oxygen atoms in total. The Bertz CT molecular complexity index is 1160. The fraction of sp³-hybridized carbons (Fsp3) is 0.125. The SMILES string of the molecule is NC(=O)c1ccc(-c2ccnc(NCCCOc3ccc4ccccc4c3)n2)cc1. The van der Waals surface area contributed by atoms with Crippen molar-refractivity contribution in [2.24, 2.45) is 5.73 Å². The molecule has 3 aromatic carbocycles. The van der Waals surface area contributed by atoms with Gasteiger partial charge in [-0.2, -0.15) is 0 Å². The zero-order chi connectivity index (χ0) is 20.8. The van der Waals surface area contributed by atoms with Gasteiger partial charge in [-0.25, -0.2) is 9.97 Å². The van der Waals surface area contributed by atoms with Crippen LogP contribution in [0.15, 0.2) is 79.0 Å². The van der Waals surface area contributed by atoms with Gasteiger partial charge in [0.25, 0.3) is 0 Å². The number of ether oxygens (including phenoxy) is 1. The van der Waals surface area contributed by atoms with Crippen LogP contribution in [0.3, 0.4) is 0 Å². The van der Waals surface area contributed by atoms with E-state index in [9.17, 15) is 4.79 Å². The first-order chi connectivity index (χ1) is 14.7. The summed E-state index contributed by atoms with van der Waals surface area (Å²) in [6, 6.07) is 23.2. The third-order valence-corrected chi connectivity index (χ3v) is 4.71. The average Bonchev–Trinajstić information content (AvgIpc) is 2.79. The van der Waals surface area contributed by atoms with Gasteiger partial charge in [0.05, 0.1) is 12.3 Å². The summed E-state index contributed by atoms with van der Waals surface area (Å²) in [5, 5.41) is 5.59. The number of rotatable bonds is 8. The Balaban J connectivity index is 1.28. The average molecular weight is 398 g/mol. The topological polar surface area (TPSA) is 90.1 Å². The maximum Gasteiger partial charge on any atom is 0.248 e. The molecule has 30 heavy (non-hydrogen) atoms. The molecule has 0 aliphatic rings. The summed E-state index contributed by atoms with van der Waals surface area (Å²) in [6.07, 6.45) is 2.52. The molecule has 3 N–H and O–H groups in total. The molecule has 0 atom stereocenters. The molecule has 150 valence electrons. The lowest BCUT2D eigenvalue weighted by Gasteiger charge is -2.09. The van der Waals surface area contributed by atoms with E-state index in [1.54, 1.807) is 18.3 Å². The van der Waals surface area contributed by atoms with Crippen molar-refractivity contribution in [1.29, 1.82) is 0 Å². The number of nitrogens with one attached hydrogen (secondary N) is 1. The first-order valence-electron chi connectivity index (χ1n) is 9.78. The summed E-state index contributed by atoms with van der Waals surface area (Å²) in [6.45, 7) is 1.29. The van der Waals surface area contributed by atoms with Crippen LogP contribution in [0, 0.1) is 0 Å². The van der Waals surface area contributed by atoms with Gasteiger partial charge in [0, 0.05) is 23.9 Å². The van der Waals surface area contributed by atoms with Gasteiger partial charge in [0.2, 0.25) is 11.9 Å². The van der Waals surface area contributed by atoms with Crippen molar-refractivity contribution in [3.63, 3.8) is 0 Å². The molecule has 0 aliphatic carbocycles. The molecule has 0 radical (unpaired) electrons. The first-order valence-corrected chi connectivity index (χ1v) is 9.78. The predicted molar refractivity (Wildman–Crippen MR) is 119 cm³/mol. The van der Waals surface area contributed by atoms with Crippen LogP contribution in [0.25, 0.3) is 22.0 Å². The zero-order valence-corrected chi connectivity index (χ0v) is 16.4. The molecule has 1 heterocycles. The minimum absolute atomic E-state index is 0.447. The van der Waals surface area contributed by atoms with Crippen molar-refractivity contribution in [1.82, 2.24) is 9.97 Å². The molecule has 0 aliphatic heterocycles. The van der Waals surface area contributed by atoms with E-state index in [-0.39, 0.29) is 0 Å². The number of carbonyl (C=O) groups is 1. The molecule has 0 fully saturated rings. The lowest BCUT2D eigenvalue weighted by atomic mass is 10.1. The maximum absolute atomic E-state index is 11.2. The molecular formula is C24H22N4O2. The maximum atomic E-state index is 11.2. The molecule has 1 amide bonds. The Kier molecular flexibility index (Phi) is 5.85. The van der Waals surface area contributed by atoms with Gasteiger partial charge in [-0.1, -0.05) is 42.5 Å². The molecule has 0 bridgehead atoms. The van der Waals surface area contributed by atoms with Crippen LogP contribution in [0.4, 0.5) is 5.95 Å². The third-order valence-electron chi connectivity index (χ3n) is 4.71. The molecule has 0 unspecified atom stereocenters. The van der Waals surface area contributed by atoms with Gasteiger partial charge < -0.3 is 15.8 Å². The molecule has 0 saturated heterocycles. The van der Waals surface area contributed by atoms with Crippen molar-refractivity contribution in [3.8, 4) is 17.0 Å². The van der Waals surface area contributed by atoms with Gasteiger partial charge in [-0.3, -0.25) is 4.79 Å². The van der Waals surface area contributed by atoms with Crippen LogP contribution in [-0.4, -0.2) is 29.0 Å². The Morgan fingerprint density at radius 3 is 2.57 bits per heavy atom. The highest BCUT2D eigenvalue weighted by molar-refractivity contribution is 5.93. The van der Waals surface area contributed by atoms with E-state index in [1.807, 2.05) is 36.4 Å². The van der Waals surface area contributed by atoms with Crippen LogP contribution < -0.4 is 15.8 Å². The Morgan fingerprint density at radius 1 is 0.967 bits per heavy atom. The van der Waals surface area contributed by atoms with Crippen LogP contribution >= 0.6 is 0 Å². The van der Waals surface area contributed by atoms with E-state index in [0.29, 0.717) is 24.7 Å². The van der Waals surface area contributed by atoms with Crippen molar-refractivity contribution >= 4 is 22.6 Å². The number of primary amides is 1. The molecule has 1 aromatic heterocycles. The standard InChI is InChI=1S/C24H22N4O2/c25-23(29)19-8-6-18(7-9-19)22-12-14-27-24(28-22)26-13-3-15-30-21-11-10-17-4-1-2-5-20(17)16-21/h1-2,4-12,14,16H,3,13,15H2,(H2,25,29)(H,26,27,28). The Labute approximate surface area is 174 Å². The van der Waals surface area contributed by atoms with E-state index in [2.05, 4.69) is 39.6 Å². The lowest BCUT2D eigenvalue weighted by molar-refractivity contribution is 0.100. The van der Waals surface area contributed by atoms with Crippen molar-refractivity contribution in [2.75, 3.05) is 18.5 Å². The van der Waals surface area contributed by atoms with Crippen LogP contribution in [0.2, 0.25) is 0 Å². The lowest BCUT2D eigenvalue weighted by Crippen LogP contribution is -2.10. The summed E-state index contributed by atoms with van der Waals surface area (Å²) in [7, 11) is 0.